The highest BCUT2D eigenvalue weighted by Gasteiger charge is 2.29. The molecule has 1 heterocycles. The molecule has 0 radical (unpaired) electrons. The summed E-state index contributed by atoms with van der Waals surface area (Å²) in [7, 11) is 6.00. The van der Waals surface area contributed by atoms with E-state index in [1.807, 2.05) is 46.0 Å². The minimum atomic E-state index is -0.430. The zero-order valence-electron chi connectivity index (χ0n) is 12.9. The minimum absolute atomic E-state index is 0.430. The molecule has 0 amide bonds. The molecule has 20 heavy (non-hydrogen) atoms. The van der Waals surface area contributed by atoms with Crippen molar-refractivity contribution < 1.29 is 0 Å². The Bertz CT molecular complexity index is 499. The third kappa shape index (κ3) is 4.40. The number of hydrogen-bond donors (Lipinski definition) is 2. The molecule has 0 spiro atoms. The smallest absolute Gasteiger partial charge is 0.158 e. The van der Waals surface area contributed by atoms with Gasteiger partial charge in [0.05, 0.1) is 0 Å². The van der Waals surface area contributed by atoms with Crippen molar-refractivity contribution in [2.45, 2.75) is 25.8 Å². The van der Waals surface area contributed by atoms with Crippen LogP contribution in [0.15, 0.2) is 30.0 Å². The standard InChI is InChI=1S/C11H15N5.C3H9N/c1-7-9(12)3-8(4-11(7,2)13)10-15-5-14-6-16-10;1-4(2)3/h3,5-6H,4,12-13H2,1-2H3;1-3H3. The highest BCUT2D eigenvalue weighted by Crippen LogP contribution is 2.32. The van der Waals surface area contributed by atoms with Gasteiger partial charge in [0.2, 0.25) is 0 Å². The van der Waals surface area contributed by atoms with Crippen LogP contribution in [0.25, 0.3) is 5.57 Å². The Morgan fingerprint density at radius 1 is 1.20 bits per heavy atom. The first-order chi connectivity index (χ1) is 9.24. The molecule has 0 aromatic carbocycles. The maximum absolute atomic E-state index is 6.19. The lowest BCUT2D eigenvalue weighted by Crippen LogP contribution is -2.41. The zero-order valence-corrected chi connectivity index (χ0v) is 12.9. The summed E-state index contributed by atoms with van der Waals surface area (Å²) in [4.78, 5) is 14.0. The van der Waals surface area contributed by atoms with Gasteiger partial charge in [-0.25, -0.2) is 15.0 Å². The molecule has 4 N–H and O–H groups in total. The Balaban J connectivity index is 0.000000444. The van der Waals surface area contributed by atoms with E-state index in [9.17, 15) is 0 Å². The fraction of sp³-hybridized carbons (Fsp3) is 0.500. The minimum Gasteiger partial charge on any atom is -0.399 e. The SMILES string of the molecule is CC1=C(N)C=C(c2ncncn2)CC1(C)N.CN(C)C. The van der Waals surface area contributed by atoms with Crippen LogP contribution >= 0.6 is 0 Å². The van der Waals surface area contributed by atoms with Crippen LogP contribution in [-0.2, 0) is 0 Å². The molecule has 0 fully saturated rings. The van der Waals surface area contributed by atoms with E-state index in [4.69, 9.17) is 11.5 Å². The van der Waals surface area contributed by atoms with E-state index in [0.717, 1.165) is 11.1 Å². The summed E-state index contributed by atoms with van der Waals surface area (Å²) in [5.41, 5.74) is 14.4. The first-order valence-corrected chi connectivity index (χ1v) is 6.43. The summed E-state index contributed by atoms with van der Waals surface area (Å²) < 4.78 is 0. The summed E-state index contributed by atoms with van der Waals surface area (Å²) in [5.74, 6) is 0.641. The van der Waals surface area contributed by atoms with Gasteiger partial charge in [0.1, 0.15) is 12.7 Å². The van der Waals surface area contributed by atoms with E-state index in [1.54, 1.807) is 0 Å². The van der Waals surface area contributed by atoms with Crippen LogP contribution in [0.2, 0.25) is 0 Å². The maximum atomic E-state index is 6.19. The lowest BCUT2D eigenvalue weighted by atomic mass is 9.81. The number of allylic oxidation sites excluding steroid dienone is 1. The van der Waals surface area contributed by atoms with Crippen LogP contribution < -0.4 is 11.5 Å². The molecule has 0 bridgehead atoms. The third-order valence-electron chi connectivity index (χ3n) is 2.96. The van der Waals surface area contributed by atoms with Crippen LogP contribution in [0.5, 0.6) is 0 Å². The second-order valence-corrected chi connectivity index (χ2v) is 5.65. The Labute approximate surface area is 120 Å². The first kappa shape index (κ1) is 16.3. The Morgan fingerprint density at radius 2 is 1.70 bits per heavy atom. The Kier molecular flexibility index (Phi) is 5.35. The van der Waals surface area contributed by atoms with E-state index in [-0.39, 0.29) is 0 Å². The van der Waals surface area contributed by atoms with Crippen LogP contribution in [0, 0.1) is 0 Å². The van der Waals surface area contributed by atoms with Crippen LogP contribution in [0.3, 0.4) is 0 Å². The fourth-order valence-corrected chi connectivity index (χ4v) is 1.75. The quantitative estimate of drug-likeness (QED) is 0.787. The van der Waals surface area contributed by atoms with Crippen molar-refractivity contribution in [2.75, 3.05) is 21.1 Å². The molecule has 1 aromatic rings. The number of nitrogens with zero attached hydrogens (tertiary/aromatic N) is 4. The maximum Gasteiger partial charge on any atom is 0.158 e. The molecule has 1 atom stereocenters. The van der Waals surface area contributed by atoms with Crippen molar-refractivity contribution in [1.82, 2.24) is 19.9 Å². The average molecular weight is 276 g/mol. The van der Waals surface area contributed by atoms with E-state index in [0.29, 0.717) is 17.9 Å². The Morgan fingerprint density at radius 3 is 2.15 bits per heavy atom. The largest absolute Gasteiger partial charge is 0.399 e. The molecule has 2 rings (SSSR count). The van der Waals surface area contributed by atoms with E-state index in [1.165, 1.54) is 12.7 Å². The molecule has 6 heteroatoms. The molecule has 0 saturated carbocycles. The van der Waals surface area contributed by atoms with Crippen molar-refractivity contribution >= 4 is 5.57 Å². The second kappa shape index (κ2) is 6.58. The molecular weight excluding hydrogens is 252 g/mol. The molecule has 1 aliphatic rings. The molecule has 6 nitrogen and oxygen atoms in total. The van der Waals surface area contributed by atoms with Crippen LogP contribution in [0.1, 0.15) is 26.1 Å². The molecule has 0 saturated heterocycles. The summed E-state index contributed by atoms with van der Waals surface area (Å²) in [6, 6.07) is 0. The van der Waals surface area contributed by atoms with Crippen molar-refractivity contribution in [1.29, 1.82) is 0 Å². The highest BCUT2D eigenvalue weighted by molar-refractivity contribution is 5.67. The van der Waals surface area contributed by atoms with E-state index < -0.39 is 5.54 Å². The summed E-state index contributed by atoms with van der Waals surface area (Å²) in [6.45, 7) is 3.92. The van der Waals surface area contributed by atoms with Crippen molar-refractivity contribution in [3.05, 3.63) is 35.8 Å². The number of aromatic nitrogens is 3. The number of nitrogens with two attached hydrogens (primary N) is 2. The van der Waals surface area contributed by atoms with Gasteiger partial charge in [-0.1, -0.05) is 0 Å². The monoisotopic (exact) mass is 276 g/mol. The number of rotatable bonds is 1. The van der Waals surface area contributed by atoms with Gasteiger partial charge >= 0.3 is 0 Å². The summed E-state index contributed by atoms with van der Waals surface area (Å²) in [5, 5.41) is 0. The van der Waals surface area contributed by atoms with Crippen LogP contribution in [0.4, 0.5) is 0 Å². The van der Waals surface area contributed by atoms with Gasteiger partial charge in [-0.3, -0.25) is 0 Å². The normalized spacial score (nSPS) is 22.2. The lowest BCUT2D eigenvalue weighted by Gasteiger charge is -2.31. The molecular formula is C14H24N6. The van der Waals surface area contributed by atoms with Gasteiger partial charge in [-0.2, -0.15) is 0 Å². The topological polar surface area (TPSA) is 93.9 Å². The van der Waals surface area contributed by atoms with Gasteiger partial charge < -0.3 is 16.4 Å². The van der Waals surface area contributed by atoms with Crippen molar-refractivity contribution in [2.24, 2.45) is 11.5 Å². The summed E-state index contributed by atoms with van der Waals surface area (Å²) >= 11 is 0. The fourth-order valence-electron chi connectivity index (χ4n) is 1.75. The van der Waals surface area contributed by atoms with Gasteiger partial charge in [0.15, 0.2) is 5.82 Å². The molecule has 1 aromatic heterocycles. The van der Waals surface area contributed by atoms with E-state index >= 15 is 0 Å². The average Bonchev–Trinajstić information content (AvgIpc) is 2.35. The molecule has 1 aliphatic carbocycles. The predicted octanol–water partition coefficient (Wildman–Crippen LogP) is 0.787. The van der Waals surface area contributed by atoms with Gasteiger partial charge in [0, 0.05) is 16.8 Å². The van der Waals surface area contributed by atoms with E-state index in [2.05, 4.69) is 15.0 Å². The van der Waals surface area contributed by atoms with Gasteiger partial charge in [-0.05, 0) is 53.1 Å². The number of hydrogen-bond acceptors (Lipinski definition) is 6. The van der Waals surface area contributed by atoms with Gasteiger partial charge in [-0.15, -0.1) is 0 Å². The Hall–Kier alpha value is -1.79. The molecule has 0 aliphatic heterocycles. The second-order valence-electron chi connectivity index (χ2n) is 5.65. The third-order valence-corrected chi connectivity index (χ3v) is 2.96. The molecule has 1 unspecified atom stereocenters. The first-order valence-electron chi connectivity index (χ1n) is 6.43. The predicted molar refractivity (Wildman–Crippen MR) is 81.5 cm³/mol. The van der Waals surface area contributed by atoms with Crippen LogP contribution in [-0.4, -0.2) is 46.5 Å². The van der Waals surface area contributed by atoms with Gasteiger partial charge in [0.25, 0.3) is 0 Å². The molecule has 110 valence electrons. The van der Waals surface area contributed by atoms with Crippen molar-refractivity contribution in [3.8, 4) is 0 Å². The van der Waals surface area contributed by atoms with Crippen molar-refractivity contribution in [3.63, 3.8) is 0 Å². The summed E-state index contributed by atoms with van der Waals surface area (Å²) in [6.07, 6.45) is 5.51. The zero-order chi connectivity index (χ0) is 15.3. The lowest BCUT2D eigenvalue weighted by molar-refractivity contribution is 0.505. The highest BCUT2D eigenvalue weighted by atomic mass is 15.0.